The molecule has 1 aromatic heterocycles. The SMILES string of the molecule is CCN(CC)c1ccc(-c2n([C@H](C)C(=O)OC3C[C@H](C)CC[C@H]3C(C)C)c3ccccc3[n+]2C)cc1.[I-]. The quantitative estimate of drug-likeness (QED) is 0.221. The number of carbonyl (C=O) groups is 1. The Hall–Kier alpha value is -2.09. The van der Waals surface area contributed by atoms with Gasteiger partial charge in [-0.1, -0.05) is 39.3 Å². The van der Waals surface area contributed by atoms with E-state index < -0.39 is 6.04 Å². The normalized spacial score (nSPS) is 20.5. The van der Waals surface area contributed by atoms with E-state index in [0.29, 0.717) is 17.8 Å². The van der Waals surface area contributed by atoms with Crippen molar-refractivity contribution in [2.75, 3.05) is 18.0 Å². The van der Waals surface area contributed by atoms with Crippen molar-refractivity contribution in [1.29, 1.82) is 0 Å². The molecule has 6 heteroatoms. The molecule has 1 saturated carbocycles. The number of hydrogen-bond acceptors (Lipinski definition) is 3. The van der Waals surface area contributed by atoms with E-state index in [1.54, 1.807) is 0 Å². The zero-order chi connectivity index (χ0) is 26.0. The predicted octanol–water partition coefficient (Wildman–Crippen LogP) is 3.55. The average molecular weight is 618 g/mol. The summed E-state index contributed by atoms with van der Waals surface area (Å²) in [5.41, 5.74) is 4.46. The summed E-state index contributed by atoms with van der Waals surface area (Å²) in [5, 5.41) is 0. The van der Waals surface area contributed by atoms with Crippen molar-refractivity contribution in [3.8, 4) is 11.4 Å². The van der Waals surface area contributed by atoms with Crippen molar-refractivity contribution in [1.82, 2.24) is 4.57 Å². The van der Waals surface area contributed by atoms with Gasteiger partial charge in [0.1, 0.15) is 6.10 Å². The molecule has 0 bridgehead atoms. The van der Waals surface area contributed by atoms with Crippen LogP contribution in [0.3, 0.4) is 0 Å². The van der Waals surface area contributed by atoms with Crippen LogP contribution in [0.5, 0.6) is 0 Å². The topological polar surface area (TPSA) is 38.4 Å². The molecule has 1 aliphatic carbocycles. The van der Waals surface area contributed by atoms with Crippen LogP contribution in [0.15, 0.2) is 48.5 Å². The molecule has 4 atom stereocenters. The Morgan fingerprint density at radius 3 is 2.32 bits per heavy atom. The van der Waals surface area contributed by atoms with E-state index >= 15 is 0 Å². The summed E-state index contributed by atoms with van der Waals surface area (Å²) in [6.45, 7) is 15.1. The lowest BCUT2D eigenvalue weighted by Gasteiger charge is -2.37. The molecule has 2 aromatic carbocycles. The largest absolute Gasteiger partial charge is 1.00 e. The zero-order valence-electron chi connectivity index (χ0n) is 23.6. The fourth-order valence-electron chi connectivity index (χ4n) is 6.08. The molecule has 1 fully saturated rings. The first-order valence-corrected chi connectivity index (χ1v) is 13.8. The third-order valence-corrected chi connectivity index (χ3v) is 8.26. The lowest BCUT2D eigenvalue weighted by atomic mass is 9.75. The molecule has 202 valence electrons. The molecular formula is C31H44IN3O2. The van der Waals surface area contributed by atoms with Gasteiger partial charge in [0.2, 0.25) is 0 Å². The fourth-order valence-corrected chi connectivity index (χ4v) is 6.08. The second-order valence-corrected chi connectivity index (χ2v) is 10.9. The number of halogens is 1. The number of fused-ring (bicyclic) bond motifs is 1. The van der Waals surface area contributed by atoms with E-state index in [4.69, 9.17) is 4.74 Å². The summed E-state index contributed by atoms with van der Waals surface area (Å²) in [7, 11) is 2.09. The minimum absolute atomic E-state index is 0. The van der Waals surface area contributed by atoms with Crippen LogP contribution < -0.4 is 33.4 Å². The van der Waals surface area contributed by atoms with Crippen molar-refractivity contribution < 1.29 is 38.1 Å². The third-order valence-electron chi connectivity index (χ3n) is 8.26. The van der Waals surface area contributed by atoms with Gasteiger partial charge in [0.05, 0.1) is 12.6 Å². The van der Waals surface area contributed by atoms with Crippen LogP contribution in [0.1, 0.15) is 66.8 Å². The molecule has 5 nitrogen and oxygen atoms in total. The highest BCUT2D eigenvalue weighted by molar-refractivity contribution is 5.82. The van der Waals surface area contributed by atoms with Crippen LogP contribution >= 0.6 is 0 Å². The molecule has 0 amide bonds. The van der Waals surface area contributed by atoms with Gasteiger partial charge < -0.3 is 33.6 Å². The number of imidazole rings is 1. The number of carbonyl (C=O) groups excluding carboxylic acids is 1. The van der Waals surface area contributed by atoms with Gasteiger partial charge >= 0.3 is 5.97 Å². The Balaban J connectivity index is 0.00000380. The highest BCUT2D eigenvalue weighted by Gasteiger charge is 2.37. The van der Waals surface area contributed by atoms with Gasteiger partial charge in [-0.05, 0) is 87.8 Å². The summed E-state index contributed by atoms with van der Waals surface area (Å²) in [5.74, 6) is 2.42. The first-order valence-electron chi connectivity index (χ1n) is 13.8. The summed E-state index contributed by atoms with van der Waals surface area (Å²) < 4.78 is 10.7. The van der Waals surface area contributed by atoms with Gasteiger partial charge in [-0.15, -0.1) is 0 Å². The van der Waals surface area contributed by atoms with E-state index in [9.17, 15) is 4.79 Å². The highest BCUT2D eigenvalue weighted by Crippen LogP contribution is 2.36. The molecule has 4 rings (SSSR count). The maximum absolute atomic E-state index is 13.7. The van der Waals surface area contributed by atoms with Crippen LogP contribution in [-0.2, 0) is 16.6 Å². The van der Waals surface area contributed by atoms with Crippen molar-refractivity contribution in [3.63, 3.8) is 0 Å². The Morgan fingerprint density at radius 1 is 1.05 bits per heavy atom. The number of aryl methyl sites for hydroxylation is 1. The smallest absolute Gasteiger partial charge is 0.351 e. The Kier molecular flexibility index (Phi) is 10.1. The minimum atomic E-state index is -0.432. The maximum atomic E-state index is 13.7. The minimum Gasteiger partial charge on any atom is -1.00 e. The molecule has 1 aliphatic rings. The molecule has 1 unspecified atom stereocenters. The van der Waals surface area contributed by atoms with Gasteiger partial charge in [-0.25, -0.2) is 13.9 Å². The monoisotopic (exact) mass is 617 g/mol. The molecule has 0 spiro atoms. The van der Waals surface area contributed by atoms with Crippen molar-refractivity contribution in [2.24, 2.45) is 24.8 Å². The van der Waals surface area contributed by atoms with E-state index in [1.165, 1.54) is 12.1 Å². The molecule has 0 saturated heterocycles. The number of ether oxygens (including phenoxy) is 1. The maximum Gasteiger partial charge on any atom is 0.351 e. The van der Waals surface area contributed by atoms with E-state index in [0.717, 1.165) is 48.4 Å². The van der Waals surface area contributed by atoms with E-state index in [2.05, 4.69) is 98.2 Å². The lowest BCUT2D eigenvalue weighted by Crippen LogP contribution is -3.00. The van der Waals surface area contributed by atoms with Crippen LogP contribution in [0, 0.1) is 17.8 Å². The van der Waals surface area contributed by atoms with Crippen LogP contribution in [-0.4, -0.2) is 29.7 Å². The van der Waals surface area contributed by atoms with Crippen molar-refractivity contribution in [3.05, 3.63) is 48.5 Å². The second-order valence-electron chi connectivity index (χ2n) is 10.9. The first-order chi connectivity index (χ1) is 17.3. The van der Waals surface area contributed by atoms with Crippen LogP contribution in [0.2, 0.25) is 0 Å². The fraction of sp³-hybridized carbons (Fsp3) is 0.548. The summed E-state index contributed by atoms with van der Waals surface area (Å²) >= 11 is 0. The number of rotatable bonds is 8. The average Bonchev–Trinajstić information content (AvgIpc) is 3.17. The number of nitrogens with zero attached hydrogens (tertiary/aromatic N) is 3. The molecular weight excluding hydrogens is 573 g/mol. The summed E-state index contributed by atoms with van der Waals surface area (Å²) in [4.78, 5) is 16.0. The van der Waals surface area contributed by atoms with Crippen molar-refractivity contribution >= 4 is 22.7 Å². The second kappa shape index (κ2) is 12.6. The zero-order valence-corrected chi connectivity index (χ0v) is 25.7. The number of benzene rings is 2. The molecule has 1 heterocycles. The van der Waals surface area contributed by atoms with Gasteiger partial charge in [0.25, 0.3) is 5.82 Å². The number of para-hydroxylation sites is 2. The molecule has 3 aromatic rings. The number of anilines is 1. The van der Waals surface area contributed by atoms with Gasteiger partial charge in [0.15, 0.2) is 17.1 Å². The molecule has 0 radical (unpaired) electrons. The lowest BCUT2D eigenvalue weighted by molar-refractivity contribution is -0.634. The predicted molar refractivity (Wildman–Crippen MR) is 148 cm³/mol. The summed E-state index contributed by atoms with van der Waals surface area (Å²) in [6.07, 6.45) is 3.31. The summed E-state index contributed by atoms with van der Waals surface area (Å²) in [6, 6.07) is 16.6. The molecule has 37 heavy (non-hydrogen) atoms. The Labute approximate surface area is 240 Å². The van der Waals surface area contributed by atoms with E-state index in [-0.39, 0.29) is 36.0 Å². The van der Waals surface area contributed by atoms with E-state index in [1.807, 2.05) is 13.0 Å². The Morgan fingerprint density at radius 2 is 1.70 bits per heavy atom. The number of aromatic nitrogens is 2. The van der Waals surface area contributed by atoms with Gasteiger partial charge in [-0.2, -0.15) is 0 Å². The van der Waals surface area contributed by atoms with Gasteiger partial charge in [0, 0.05) is 18.8 Å². The number of esters is 1. The molecule has 0 N–H and O–H groups in total. The Bertz CT molecular complexity index is 1180. The number of hydrogen-bond donors (Lipinski definition) is 0. The highest BCUT2D eigenvalue weighted by atomic mass is 127. The standard InChI is InChI=1S/C31H44N3O2.HI/c1-8-33(9-2)25-17-15-24(16-18-25)30-32(7)27-12-10-11-13-28(27)34(30)23(6)31(35)36-29-20-22(5)14-19-26(29)21(3)4;/h10-13,15-18,21-23,26,29H,8-9,14,19-20H2,1-7H3;1H/q+1;/p-1/t22-,23-,26+,29?;/m1./s1. The third kappa shape index (κ3) is 5.99. The van der Waals surface area contributed by atoms with Gasteiger partial charge in [-0.3, -0.25) is 0 Å². The molecule has 0 aliphatic heterocycles. The van der Waals surface area contributed by atoms with Crippen LogP contribution in [0.4, 0.5) is 5.69 Å². The first kappa shape index (κ1) is 29.5. The van der Waals surface area contributed by atoms with Crippen molar-refractivity contribution in [2.45, 2.75) is 73.0 Å². The van der Waals surface area contributed by atoms with Crippen LogP contribution in [0.25, 0.3) is 22.4 Å².